The van der Waals surface area contributed by atoms with Gasteiger partial charge in [0.25, 0.3) is 0 Å². The maximum Gasteiger partial charge on any atom is 0.185 e. The Bertz CT molecular complexity index is 677. The van der Waals surface area contributed by atoms with Gasteiger partial charge in [-0.05, 0) is 27.2 Å². The molecule has 1 aliphatic rings. The fourth-order valence-electron chi connectivity index (χ4n) is 2.20. The predicted molar refractivity (Wildman–Crippen MR) is 81.2 cm³/mol. The van der Waals surface area contributed by atoms with E-state index in [2.05, 4.69) is 15.3 Å². The molecule has 1 aliphatic carbocycles. The van der Waals surface area contributed by atoms with Gasteiger partial charge in [0.1, 0.15) is 11.0 Å². The molecule has 2 rings (SSSR count). The number of aromatic nitrogens is 2. The molecule has 5 nitrogen and oxygen atoms in total. The summed E-state index contributed by atoms with van der Waals surface area (Å²) >= 11 is 5.75. The summed E-state index contributed by atoms with van der Waals surface area (Å²) in [5.41, 5.74) is 2.16. The van der Waals surface area contributed by atoms with Gasteiger partial charge in [-0.25, -0.2) is 4.98 Å². The van der Waals surface area contributed by atoms with Gasteiger partial charge < -0.3 is 5.32 Å². The van der Waals surface area contributed by atoms with Gasteiger partial charge in [0.2, 0.25) is 0 Å². The van der Waals surface area contributed by atoms with Gasteiger partial charge in [0, 0.05) is 28.8 Å². The van der Waals surface area contributed by atoms with Crippen molar-refractivity contribution in [1.29, 1.82) is 0 Å². The topological polar surface area (TPSA) is 72.0 Å². The van der Waals surface area contributed by atoms with Crippen LogP contribution >= 0.6 is 11.6 Å². The molecule has 1 aromatic rings. The van der Waals surface area contributed by atoms with Gasteiger partial charge in [-0.15, -0.1) is 0 Å². The Morgan fingerprint density at radius 2 is 1.71 bits per heavy atom. The first-order valence-corrected chi connectivity index (χ1v) is 6.97. The highest BCUT2D eigenvalue weighted by Crippen LogP contribution is 2.26. The number of carbonyl (C=O) groups excluding carboxylic acids is 2. The normalized spacial score (nSPS) is 15.8. The quantitative estimate of drug-likeness (QED) is 0.866. The van der Waals surface area contributed by atoms with Crippen molar-refractivity contribution in [2.75, 3.05) is 11.9 Å². The molecule has 0 radical (unpaired) electrons. The average Bonchev–Trinajstić information content (AvgIpc) is 2.47. The van der Waals surface area contributed by atoms with Crippen molar-refractivity contribution in [3.05, 3.63) is 39.8 Å². The molecular formula is C15H16ClN3O2. The molecule has 0 saturated heterocycles. The summed E-state index contributed by atoms with van der Waals surface area (Å²) in [6.45, 7) is 5.56. The highest BCUT2D eigenvalue weighted by Gasteiger charge is 2.27. The molecule has 0 saturated carbocycles. The third-order valence-electron chi connectivity index (χ3n) is 3.60. The summed E-state index contributed by atoms with van der Waals surface area (Å²) < 4.78 is 0. The van der Waals surface area contributed by atoms with E-state index in [0.29, 0.717) is 46.2 Å². The lowest BCUT2D eigenvalue weighted by Crippen LogP contribution is -2.22. The highest BCUT2D eigenvalue weighted by atomic mass is 35.5. The minimum Gasteiger partial charge on any atom is -0.368 e. The van der Waals surface area contributed by atoms with Gasteiger partial charge in [0.05, 0.1) is 12.4 Å². The van der Waals surface area contributed by atoms with Crippen LogP contribution in [0.1, 0.15) is 27.2 Å². The van der Waals surface area contributed by atoms with Crippen LogP contribution in [0.25, 0.3) is 0 Å². The van der Waals surface area contributed by atoms with Crippen LogP contribution in [-0.4, -0.2) is 28.1 Å². The first-order valence-electron chi connectivity index (χ1n) is 6.60. The molecule has 110 valence electrons. The van der Waals surface area contributed by atoms with Crippen LogP contribution in [-0.2, 0) is 9.59 Å². The van der Waals surface area contributed by atoms with E-state index in [1.54, 1.807) is 27.0 Å². The molecule has 0 unspecified atom stereocenters. The zero-order valence-corrected chi connectivity index (χ0v) is 12.9. The van der Waals surface area contributed by atoms with Crippen molar-refractivity contribution in [2.24, 2.45) is 0 Å². The van der Waals surface area contributed by atoms with Crippen molar-refractivity contribution in [1.82, 2.24) is 9.97 Å². The first kappa shape index (κ1) is 15.4. The number of nitrogens with zero attached hydrogens (tertiary/aromatic N) is 2. The molecule has 0 amide bonds. The Morgan fingerprint density at radius 1 is 1.05 bits per heavy atom. The van der Waals surface area contributed by atoms with E-state index in [4.69, 9.17) is 11.6 Å². The number of rotatable bonds is 4. The molecular weight excluding hydrogens is 290 g/mol. The summed E-state index contributed by atoms with van der Waals surface area (Å²) in [7, 11) is 0. The molecule has 6 heteroatoms. The lowest BCUT2D eigenvalue weighted by molar-refractivity contribution is -0.116. The molecule has 0 aliphatic heterocycles. The first-order chi connectivity index (χ1) is 9.91. The van der Waals surface area contributed by atoms with Crippen molar-refractivity contribution < 1.29 is 9.59 Å². The number of allylic oxidation sites excluding steroid dienone is 3. The highest BCUT2D eigenvalue weighted by molar-refractivity contribution is 6.29. The molecule has 0 atom stereocenters. The van der Waals surface area contributed by atoms with Crippen molar-refractivity contribution in [3.8, 4) is 0 Å². The number of hydrogen-bond acceptors (Lipinski definition) is 5. The summed E-state index contributed by atoms with van der Waals surface area (Å²) in [6, 6.07) is 0. The zero-order valence-electron chi connectivity index (χ0n) is 12.2. The van der Waals surface area contributed by atoms with Gasteiger partial charge in [-0.1, -0.05) is 11.6 Å². The second-order valence-electron chi connectivity index (χ2n) is 4.92. The molecule has 1 N–H and O–H groups in total. The van der Waals surface area contributed by atoms with Crippen LogP contribution in [0.2, 0.25) is 5.15 Å². The Kier molecular flexibility index (Phi) is 4.53. The summed E-state index contributed by atoms with van der Waals surface area (Å²) in [4.78, 5) is 32.3. The molecule has 1 aromatic heterocycles. The largest absolute Gasteiger partial charge is 0.368 e. The van der Waals surface area contributed by atoms with Crippen molar-refractivity contribution in [3.63, 3.8) is 0 Å². The van der Waals surface area contributed by atoms with Gasteiger partial charge in [-0.2, -0.15) is 0 Å². The van der Waals surface area contributed by atoms with Crippen LogP contribution in [0, 0.1) is 0 Å². The van der Waals surface area contributed by atoms with Crippen LogP contribution in [0.4, 0.5) is 5.82 Å². The summed E-state index contributed by atoms with van der Waals surface area (Å²) in [6.07, 6.45) is 3.45. The molecule has 0 aromatic carbocycles. The fourth-order valence-corrected chi connectivity index (χ4v) is 2.35. The zero-order chi connectivity index (χ0) is 15.6. The third-order valence-corrected chi connectivity index (χ3v) is 3.78. The lowest BCUT2D eigenvalue weighted by Gasteiger charge is -2.18. The predicted octanol–water partition coefficient (Wildman–Crippen LogP) is 2.74. The minimum atomic E-state index is -0.0522. The SMILES string of the molecule is CC1=C(C)C(=O)C(CCNc2cncc(Cl)n2)=C(C)C1=O. The number of carbonyl (C=O) groups is 2. The van der Waals surface area contributed by atoms with Crippen LogP contribution in [0.3, 0.4) is 0 Å². The Hall–Kier alpha value is -2.01. The van der Waals surface area contributed by atoms with E-state index in [9.17, 15) is 9.59 Å². The minimum absolute atomic E-state index is 0.0513. The summed E-state index contributed by atoms with van der Waals surface area (Å²) in [5.74, 6) is 0.437. The fraction of sp³-hybridized carbons (Fsp3) is 0.333. The number of anilines is 1. The van der Waals surface area contributed by atoms with Crippen LogP contribution in [0.5, 0.6) is 0 Å². The molecule has 0 fully saturated rings. The monoisotopic (exact) mass is 305 g/mol. The number of nitrogens with one attached hydrogen (secondary N) is 1. The van der Waals surface area contributed by atoms with E-state index >= 15 is 0 Å². The maximum atomic E-state index is 12.2. The molecule has 1 heterocycles. The Balaban J connectivity index is 2.06. The Labute approximate surface area is 128 Å². The maximum absolute atomic E-state index is 12.2. The van der Waals surface area contributed by atoms with Gasteiger partial charge in [0.15, 0.2) is 11.6 Å². The number of hydrogen-bond donors (Lipinski definition) is 1. The number of Topliss-reactive ketones (excluding diaryl/α,β-unsaturated/α-hetero) is 2. The molecule has 21 heavy (non-hydrogen) atoms. The molecule has 0 bridgehead atoms. The smallest absolute Gasteiger partial charge is 0.185 e. The Morgan fingerprint density at radius 3 is 2.38 bits per heavy atom. The second-order valence-corrected chi connectivity index (χ2v) is 5.30. The number of ketones is 2. The van der Waals surface area contributed by atoms with Crippen molar-refractivity contribution in [2.45, 2.75) is 27.2 Å². The molecule has 0 spiro atoms. The summed E-state index contributed by atoms with van der Waals surface area (Å²) in [5, 5.41) is 3.34. The third kappa shape index (κ3) is 3.19. The van der Waals surface area contributed by atoms with E-state index in [0.717, 1.165) is 0 Å². The van der Waals surface area contributed by atoms with Crippen LogP contribution in [0.15, 0.2) is 34.7 Å². The van der Waals surface area contributed by atoms with E-state index < -0.39 is 0 Å². The van der Waals surface area contributed by atoms with Crippen molar-refractivity contribution >= 4 is 29.0 Å². The van der Waals surface area contributed by atoms with Gasteiger partial charge >= 0.3 is 0 Å². The van der Waals surface area contributed by atoms with Crippen LogP contribution < -0.4 is 5.32 Å². The van der Waals surface area contributed by atoms with Gasteiger partial charge in [-0.3, -0.25) is 14.6 Å². The van der Waals surface area contributed by atoms with E-state index in [1.807, 2.05) is 0 Å². The average molecular weight is 306 g/mol. The lowest BCUT2D eigenvalue weighted by atomic mass is 9.84. The van der Waals surface area contributed by atoms with E-state index in [1.165, 1.54) is 6.20 Å². The van der Waals surface area contributed by atoms with E-state index in [-0.39, 0.29) is 11.6 Å². The second kappa shape index (κ2) is 6.18. The standard InChI is InChI=1S/C15H16ClN3O2/c1-8-9(2)15(21)11(10(3)14(8)20)4-5-18-13-7-17-6-12(16)19-13/h6-7H,4-5H2,1-3H3,(H,18,19). The number of halogens is 1.